The van der Waals surface area contributed by atoms with Gasteiger partial charge in [0.15, 0.2) is 5.13 Å². The lowest BCUT2D eigenvalue weighted by Gasteiger charge is -2.14. The summed E-state index contributed by atoms with van der Waals surface area (Å²) >= 11 is 1.40. The van der Waals surface area contributed by atoms with Crippen molar-refractivity contribution in [3.8, 4) is 11.4 Å². The SMILES string of the molecule is CCN(C(C)=O)c1nc(Cn2nnc(-c3cccc(C(=O)OC(C)C)c3)n2)cs1. The number of thiazole rings is 1. The molecule has 152 valence electrons. The fourth-order valence-electron chi connectivity index (χ4n) is 2.62. The molecular weight excluding hydrogens is 392 g/mol. The first-order chi connectivity index (χ1) is 13.9. The average Bonchev–Trinajstić information content (AvgIpc) is 3.32. The van der Waals surface area contributed by atoms with Gasteiger partial charge in [0.1, 0.15) is 6.54 Å². The van der Waals surface area contributed by atoms with E-state index < -0.39 is 5.97 Å². The van der Waals surface area contributed by atoms with Crippen LogP contribution in [0.1, 0.15) is 43.7 Å². The van der Waals surface area contributed by atoms with Gasteiger partial charge in [-0.3, -0.25) is 9.69 Å². The summed E-state index contributed by atoms with van der Waals surface area (Å²) in [6.45, 7) is 7.90. The van der Waals surface area contributed by atoms with Crippen molar-refractivity contribution < 1.29 is 14.3 Å². The summed E-state index contributed by atoms with van der Waals surface area (Å²) in [5.41, 5.74) is 1.84. The molecule has 1 amide bonds. The summed E-state index contributed by atoms with van der Waals surface area (Å²) < 4.78 is 5.22. The molecule has 29 heavy (non-hydrogen) atoms. The third kappa shape index (κ3) is 5.02. The number of nitrogens with zero attached hydrogens (tertiary/aromatic N) is 6. The smallest absolute Gasteiger partial charge is 0.338 e. The highest BCUT2D eigenvalue weighted by Gasteiger charge is 2.15. The number of rotatable bonds is 7. The van der Waals surface area contributed by atoms with Crippen LogP contribution < -0.4 is 4.90 Å². The van der Waals surface area contributed by atoms with Crippen molar-refractivity contribution >= 4 is 28.3 Å². The molecule has 0 aliphatic heterocycles. The van der Waals surface area contributed by atoms with Crippen molar-refractivity contribution in [2.24, 2.45) is 0 Å². The van der Waals surface area contributed by atoms with Crippen LogP contribution in [0.4, 0.5) is 5.13 Å². The van der Waals surface area contributed by atoms with Crippen LogP contribution in [-0.4, -0.2) is 49.7 Å². The Morgan fingerprint density at radius 1 is 1.31 bits per heavy atom. The average molecular weight is 414 g/mol. The van der Waals surface area contributed by atoms with Gasteiger partial charge in [0.05, 0.1) is 17.4 Å². The normalized spacial score (nSPS) is 10.9. The Kier molecular flexibility index (Phi) is 6.32. The monoisotopic (exact) mass is 414 g/mol. The lowest BCUT2D eigenvalue weighted by atomic mass is 10.1. The maximum atomic E-state index is 12.1. The number of carbonyl (C=O) groups is 2. The van der Waals surface area contributed by atoms with E-state index in [1.165, 1.54) is 23.1 Å². The number of ether oxygens (including phenoxy) is 1. The molecule has 0 aliphatic carbocycles. The quantitative estimate of drug-likeness (QED) is 0.548. The Morgan fingerprint density at radius 2 is 2.10 bits per heavy atom. The van der Waals surface area contributed by atoms with Gasteiger partial charge in [0, 0.05) is 24.4 Å². The van der Waals surface area contributed by atoms with Crippen LogP contribution in [0, 0.1) is 0 Å². The van der Waals surface area contributed by atoms with Crippen molar-refractivity contribution in [1.29, 1.82) is 0 Å². The first-order valence-corrected chi connectivity index (χ1v) is 10.1. The van der Waals surface area contributed by atoms with E-state index >= 15 is 0 Å². The summed E-state index contributed by atoms with van der Waals surface area (Å²) in [5.74, 6) is -0.0424. The van der Waals surface area contributed by atoms with Crippen molar-refractivity contribution in [3.05, 3.63) is 40.9 Å². The predicted octanol–water partition coefficient (Wildman–Crippen LogP) is 2.78. The second kappa shape index (κ2) is 8.91. The van der Waals surface area contributed by atoms with Gasteiger partial charge in [0.25, 0.3) is 0 Å². The van der Waals surface area contributed by atoms with Gasteiger partial charge < -0.3 is 4.74 Å². The number of carbonyl (C=O) groups excluding carboxylic acids is 2. The molecule has 0 atom stereocenters. The highest BCUT2D eigenvalue weighted by atomic mass is 32.1. The Labute approximate surface area is 172 Å². The maximum Gasteiger partial charge on any atom is 0.338 e. The van der Waals surface area contributed by atoms with E-state index in [1.54, 1.807) is 43.0 Å². The molecule has 0 spiro atoms. The van der Waals surface area contributed by atoms with E-state index in [9.17, 15) is 9.59 Å². The lowest BCUT2D eigenvalue weighted by Crippen LogP contribution is -2.27. The topological polar surface area (TPSA) is 103 Å². The summed E-state index contributed by atoms with van der Waals surface area (Å²) in [4.78, 5) is 31.3. The molecule has 3 rings (SSSR count). The zero-order valence-electron chi connectivity index (χ0n) is 16.7. The van der Waals surface area contributed by atoms with Crippen molar-refractivity contribution in [3.63, 3.8) is 0 Å². The van der Waals surface area contributed by atoms with Gasteiger partial charge in [-0.05, 0) is 38.1 Å². The highest BCUT2D eigenvalue weighted by Crippen LogP contribution is 2.21. The Bertz CT molecular complexity index is 1010. The summed E-state index contributed by atoms with van der Waals surface area (Å²) in [5, 5.41) is 15.0. The van der Waals surface area contributed by atoms with Crippen LogP contribution in [0.25, 0.3) is 11.4 Å². The van der Waals surface area contributed by atoms with Gasteiger partial charge in [-0.1, -0.05) is 12.1 Å². The summed E-state index contributed by atoms with van der Waals surface area (Å²) in [7, 11) is 0. The molecule has 2 heterocycles. The Morgan fingerprint density at radius 3 is 2.79 bits per heavy atom. The minimum atomic E-state index is -0.393. The number of anilines is 1. The molecule has 10 heteroatoms. The fourth-order valence-corrected chi connectivity index (χ4v) is 3.55. The van der Waals surface area contributed by atoms with Crippen LogP contribution >= 0.6 is 11.3 Å². The van der Waals surface area contributed by atoms with Gasteiger partial charge in [-0.15, -0.1) is 21.5 Å². The van der Waals surface area contributed by atoms with Crippen LogP contribution in [-0.2, 0) is 16.1 Å². The molecule has 0 aliphatic rings. The minimum absolute atomic E-state index is 0.0505. The predicted molar refractivity (Wildman–Crippen MR) is 109 cm³/mol. The van der Waals surface area contributed by atoms with E-state index in [0.717, 1.165) is 5.69 Å². The van der Waals surface area contributed by atoms with Crippen molar-refractivity contribution in [2.45, 2.75) is 40.3 Å². The van der Waals surface area contributed by atoms with E-state index in [2.05, 4.69) is 20.4 Å². The Hall–Kier alpha value is -3.14. The molecule has 0 N–H and O–H groups in total. The molecule has 9 nitrogen and oxygen atoms in total. The minimum Gasteiger partial charge on any atom is -0.459 e. The lowest BCUT2D eigenvalue weighted by molar-refractivity contribution is -0.116. The van der Waals surface area contributed by atoms with Crippen molar-refractivity contribution in [1.82, 2.24) is 25.2 Å². The molecule has 0 saturated carbocycles. The highest BCUT2D eigenvalue weighted by molar-refractivity contribution is 7.14. The zero-order valence-corrected chi connectivity index (χ0v) is 17.5. The maximum absolute atomic E-state index is 12.1. The molecule has 0 fully saturated rings. The van der Waals surface area contributed by atoms with Gasteiger partial charge >= 0.3 is 5.97 Å². The Balaban J connectivity index is 1.74. The van der Waals surface area contributed by atoms with E-state index in [1.807, 2.05) is 12.3 Å². The molecule has 0 radical (unpaired) electrons. The second-order valence-electron chi connectivity index (χ2n) is 6.56. The molecule has 0 unspecified atom stereocenters. The number of aromatic nitrogens is 5. The van der Waals surface area contributed by atoms with Gasteiger partial charge in [-0.25, -0.2) is 9.78 Å². The third-order valence-electron chi connectivity index (χ3n) is 3.92. The first kappa shape index (κ1) is 20.6. The number of amides is 1. The number of esters is 1. The van der Waals surface area contributed by atoms with E-state index in [-0.39, 0.29) is 12.0 Å². The number of tetrazole rings is 1. The number of hydrogen-bond acceptors (Lipinski definition) is 8. The molecule has 0 saturated heterocycles. The van der Waals surface area contributed by atoms with E-state index in [4.69, 9.17) is 4.74 Å². The van der Waals surface area contributed by atoms with Crippen LogP contribution in [0.15, 0.2) is 29.6 Å². The molecule has 3 aromatic rings. The molecular formula is C19H22N6O3S. The van der Waals surface area contributed by atoms with Gasteiger partial charge in [-0.2, -0.15) is 4.80 Å². The fraction of sp³-hybridized carbons (Fsp3) is 0.368. The molecule has 2 aromatic heterocycles. The molecule has 1 aromatic carbocycles. The summed E-state index contributed by atoms with van der Waals surface area (Å²) in [6, 6.07) is 6.92. The standard InChI is InChI=1S/C19H22N6O3S/c1-5-24(13(4)26)19-20-16(11-29-19)10-25-22-17(21-23-25)14-7-6-8-15(9-14)18(27)28-12(2)3/h6-9,11-12H,5,10H2,1-4H3. The second-order valence-corrected chi connectivity index (χ2v) is 7.40. The zero-order chi connectivity index (χ0) is 21.0. The van der Waals surface area contributed by atoms with Gasteiger partial charge in [0.2, 0.25) is 11.7 Å². The largest absolute Gasteiger partial charge is 0.459 e. The van der Waals surface area contributed by atoms with Crippen LogP contribution in [0.5, 0.6) is 0 Å². The number of benzene rings is 1. The third-order valence-corrected chi connectivity index (χ3v) is 4.83. The molecule has 0 bridgehead atoms. The van der Waals surface area contributed by atoms with Crippen LogP contribution in [0.2, 0.25) is 0 Å². The van der Waals surface area contributed by atoms with Crippen LogP contribution in [0.3, 0.4) is 0 Å². The van der Waals surface area contributed by atoms with Crippen molar-refractivity contribution in [2.75, 3.05) is 11.4 Å². The van der Waals surface area contributed by atoms with E-state index in [0.29, 0.717) is 35.2 Å². The number of hydrogen-bond donors (Lipinski definition) is 0. The first-order valence-electron chi connectivity index (χ1n) is 9.19. The summed E-state index contributed by atoms with van der Waals surface area (Å²) in [6.07, 6.45) is -0.195.